The van der Waals surface area contributed by atoms with Gasteiger partial charge in [-0.25, -0.2) is 0 Å². The van der Waals surface area contributed by atoms with Gasteiger partial charge in [-0.05, 0) is 52.7 Å². The van der Waals surface area contributed by atoms with Crippen molar-refractivity contribution in [1.29, 1.82) is 0 Å². The molecule has 11 heteroatoms. The topological polar surface area (TPSA) is 129 Å². The van der Waals surface area contributed by atoms with Gasteiger partial charge in [-0.3, -0.25) is 14.9 Å². The van der Waals surface area contributed by atoms with Crippen molar-refractivity contribution in [1.82, 2.24) is 5.32 Å². The number of nitrogens with one attached hydrogen (secondary N) is 2. The molecule has 0 aliphatic heterocycles. The number of nitrogens with zero attached hydrogens (tertiary/aromatic N) is 1. The Balaban J connectivity index is 0.00000450. The summed E-state index contributed by atoms with van der Waals surface area (Å²) < 4.78 is 11.7. The highest BCUT2D eigenvalue weighted by Gasteiger charge is 2.13. The number of rotatable bonds is 12. The van der Waals surface area contributed by atoms with Gasteiger partial charge in [0.15, 0.2) is 18.1 Å². The van der Waals surface area contributed by atoms with Gasteiger partial charge in [-0.1, -0.05) is 0 Å². The number of nitro groups is 1. The van der Waals surface area contributed by atoms with Gasteiger partial charge < -0.3 is 25.8 Å². The van der Waals surface area contributed by atoms with Crippen LogP contribution in [-0.2, 0) is 11.3 Å². The number of benzene rings is 2. The molecule has 2 aromatic rings. The Kier molecular flexibility index (Phi) is 10.9. The predicted molar refractivity (Wildman–Crippen MR) is 121 cm³/mol. The summed E-state index contributed by atoms with van der Waals surface area (Å²) in [5.41, 5.74) is 6.99. The first-order valence-corrected chi connectivity index (χ1v) is 9.75. The molecule has 0 fully saturated rings. The van der Waals surface area contributed by atoms with Crippen LogP contribution in [0.2, 0.25) is 0 Å². The van der Waals surface area contributed by atoms with Crippen molar-refractivity contribution in [2.24, 2.45) is 5.73 Å². The second-order valence-electron chi connectivity index (χ2n) is 6.00. The van der Waals surface area contributed by atoms with Crippen molar-refractivity contribution < 1.29 is 19.2 Å². The van der Waals surface area contributed by atoms with E-state index in [1.165, 1.54) is 12.1 Å². The maximum absolute atomic E-state index is 11.0. The zero-order valence-electron chi connectivity index (χ0n) is 16.4. The largest absolute Gasteiger partial charge is 0.490 e. The molecule has 0 aliphatic carbocycles. The molecule has 0 radical (unpaired) electrons. The quantitative estimate of drug-likeness (QED) is 0.230. The maximum atomic E-state index is 11.0. The van der Waals surface area contributed by atoms with Crippen LogP contribution in [0.5, 0.6) is 11.5 Å². The van der Waals surface area contributed by atoms with Gasteiger partial charge >= 0.3 is 0 Å². The van der Waals surface area contributed by atoms with Gasteiger partial charge in [0.05, 0.1) is 16.0 Å². The third kappa shape index (κ3) is 8.05. The molecule has 0 saturated carbocycles. The number of hydrogen-bond donors (Lipinski definition) is 3. The minimum Gasteiger partial charge on any atom is -0.490 e. The molecule has 0 heterocycles. The van der Waals surface area contributed by atoms with Crippen LogP contribution >= 0.6 is 28.3 Å². The van der Waals surface area contributed by atoms with Crippen molar-refractivity contribution in [3.8, 4) is 11.5 Å². The third-order valence-corrected chi connectivity index (χ3v) is 4.36. The van der Waals surface area contributed by atoms with Crippen LogP contribution in [0.15, 0.2) is 40.9 Å². The number of nitrogens with two attached hydrogens (primary N) is 1. The minimum absolute atomic E-state index is 0. The predicted octanol–water partition coefficient (Wildman–Crippen LogP) is 3.24. The van der Waals surface area contributed by atoms with Crippen LogP contribution in [0, 0.1) is 10.1 Å². The number of carbonyl (C=O) groups is 1. The van der Waals surface area contributed by atoms with E-state index in [0.29, 0.717) is 42.2 Å². The van der Waals surface area contributed by atoms with Crippen LogP contribution < -0.4 is 25.8 Å². The third-order valence-electron chi connectivity index (χ3n) is 3.77. The number of halogens is 2. The molecule has 4 N–H and O–H groups in total. The molecular weight excluding hydrogens is 480 g/mol. The molecule has 0 unspecified atom stereocenters. The molecule has 30 heavy (non-hydrogen) atoms. The average Bonchev–Trinajstić information content (AvgIpc) is 2.67. The van der Waals surface area contributed by atoms with E-state index in [2.05, 4.69) is 26.6 Å². The number of carbonyl (C=O) groups excluding carboxylic acids is 1. The Morgan fingerprint density at radius 2 is 1.90 bits per heavy atom. The Bertz CT molecular complexity index is 852. The van der Waals surface area contributed by atoms with E-state index in [0.717, 1.165) is 11.3 Å². The lowest BCUT2D eigenvalue weighted by Gasteiger charge is -2.15. The summed E-state index contributed by atoms with van der Waals surface area (Å²) >= 11 is 3.44. The molecule has 0 aromatic heterocycles. The second-order valence-corrected chi connectivity index (χ2v) is 6.85. The lowest BCUT2D eigenvalue weighted by Crippen LogP contribution is -2.22. The molecular formula is C19H24BrClN4O5. The fourth-order valence-corrected chi connectivity index (χ4v) is 3.10. The van der Waals surface area contributed by atoms with Gasteiger partial charge in [-0.2, -0.15) is 0 Å². The van der Waals surface area contributed by atoms with E-state index in [1.807, 2.05) is 19.1 Å². The summed E-state index contributed by atoms with van der Waals surface area (Å²) in [5.74, 6) is 0.406. The van der Waals surface area contributed by atoms with Gasteiger partial charge in [0.1, 0.15) is 0 Å². The van der Waals surface area contributed by atoms with E-state index in [9.17, 15) is 14.9 Å². The first-order chi connectivity index (χ1) is 13.9. The first-order valence-electron chi connectivity index (χ1n) is 8.96. The lowest BCUT2D eigenvalue weighted by molar-refractivity contribution is -0.384. The zero-order chi connectivity index (χ0) is 21.2. The highest BCUT2D eigenvalue weighted by atomic mass is 79.9. The molecule has 0 spiro atoms. The van der Waals surface area contributed by atoms with E-state index in [-0.39, 0.29) is 24.7 Å². The van der Waals surface area contributed by atoms with Crippen molar-refractivity contribution in [2.45, 2.75) is 13.5 Å². The smallest absolute Gasteiger partial charge is 0.269 e. The molecule has 1 amide bonds. The highest BCUT2D eigenvalue weighted by Crippen LogP contribution is 2.37. The molecule has 2 rings (SSSR count). The van der Waals surface area contributed by atoms with Gasteiger partial charge in [0, 0.05) is 37.5 Å². The molecule has 2 aromatic carbocycles. The summed E-state index contributed by atoms with van der Waals surface area (Å²) in [6.45, 7) is 4.01. The summed E-state index contributed by atoms with van der Waals surface area (Å²) in [6, 6.07) is 10.0. The summed E-state index contributed by atoms with van der Waals surface area (Å²) in [7, 11) is 0. The maximum Gasteiger partial charge on any atom is 0.269 e. The summed E-state index contributed by atoms with van der Waals surface area (Å²) in [6.07, 6.45) is 0. The molecule has 164 valence electrons. The van der Waals surface area contributed by atoms with Crippen molar-refractivity contribution in [3.05, 3.63) is 56.5 Å². The van der Waals surface area contributed by atoms with Crippen molar-refractivity contribution in [2.75, 3.05) is 31.6 Å². The minimum atomic E-state index is -0.564. The lowest BCUT2D eigenvalue weighted by atomic mass is 10.2. The Morgan fingerprint density at radius 1 is 1.20 bits per heavy atom. The van der Waals surface area contributed by atoms with Crippen LogP contribution in [0.1, 0.15) is 12.5 Å². The molecule has 0 aliphatic rings. The van der Waals surface area contributed by atoms with Crippen molar-refractivity contribution in [3.63, 3.8) is 0 Å². The van der Waals surface area contributed by atoms with E-state index < -0.39 is 10.8 Å². The van der Waals surface area contributed by atoms with E-state index in [4.69, 9.17) is 15.2 Å². The summed E-state index contributed by atoms with van der Waals surface area (Å²) in [5, 5.41) is 17.2. The normalized spacial score (nSPS) is 10.1. The number of amides is 1. The van der Waals surface area contributed by atoms with E-state index in [1.54, 1.807) is 12.1 Å². The average molecular weight is 504 g/mol. The highest BCUT2D eigenvalue weighted by molar-refractivity contribution is 9.10. The first kappa shape index (κ1) is 25.5. The van der Waals surface area contributed by atoms with Gasteiger partial charge in [0.2, 0.25) is 0 Å². The van der Waals surface area contributed by atoms with Crippen LogP contribution in [0.4, 0.5) is 11.4 Å². The number of primary amides is 1. The number of hydrogen-bond acceptors (Lipinski definition) is 7. The van der Waals surface area contributed by atoms with Crippen molar-refractivity contribution >= 4 is 45.6 Å². The number of ether oxygens (including phenoxy) is 2. The second kappa shape index (κ2) is 12.9. The van der Waals surface area contributed by atoms with E-state index >= 15 is 0 Å². The molecule has 0 atom stereocenters. The molecule has 0 bridgehead atoms. The zero-order valence-corrected chi connectivity index (χ0v) is 18.8. The monoisotopic (exact) mass is 502 g/mol. The summed E-state index contributed by atoms with van der Waals surface area (Å²) in [4.78, 5) is 21.2. The SMILES string of the molecule is CCOc1cc(CNCCNc2ccc([N+](=O)[O-])cc2)cc(Br)c1OCC(N)=O.Cl. The fourth-order valence-electron chi connectivity index (χ4n) is 2.50. The Morgan fingerprint density at radius 3 is 2.50 bits per heavy atom. The van der Waals surface area contributed by atoms with Crippen LogP contribution in [-0.4, -0.2) is 37.1 Å². The van der Waals surface area contributed by atoms with Crippen LogP contribution in [0.25, 0.3) is 0 Å². The number of nitro benzene ring substituents is 1. The molecule has 9 nitrogen and oxygen atoms in total. The Hall–Kier alpha value is -2.56. The molecule has 0 saturated heterocycles. The standard InChI is InChI=1S/C19H23BrN4O5.ClH/c1-2-28-17-10-13(9-16(20)19(17)29-12-18(21)25)11-22-7-8-23-14-3-5-15(6-4-14)24(26)27;/h3-6,9-10,22-23H,2,7-8,11-12H2,1H3,(H2,21,25);1H. The van der Waals surface area contributed by atoms with Crippen LogP contribution in [0.3, 0.4) is 0 Å². The van der Waals surface area contributed by atoms with Gasteiger partial charge in [-0.15, -0.1) is 12.4 Å². The van der Waals surface area contributed by atoms with Gasteiger partial charge in [0.25, 0.3) is 11.6 Å². The Labute approximate surface area is 189 Å². The number of non-ortho nitro benzene ring substituents is 1. The fraction of sp³-hybridized carbons (Fsp3) is 0.316. The number of anilines is 1.